The number of carboxylic acid groups (broad SMARTS) is 1. The number of carbonyl (C=O) groups excluding carboxylic acids is 1. The number of hydrogen-bond donors (Lipinski definition) is 3. The molecule has 3 N–H and O–H groups in total. The highest BCUT2D eigenvalue weighted by atomic mass is 16.5. The van der Waals surface area contributed by atoms with E-state index in [0.717, 1.165) is 5.56 Å². The van der Waals surface area contributed by atoms with Crippen molar-refractivity contribution in [3.8, 4) is 5.88 Å². The van der Waals surface area contributed by atoms with Gasteiger partial charge in [-0.3, -0.25) is 4.79 Å². The van der Waals surface area contributed by atoms with E-state index in [0.29, 0.717) is 11.6 Å². The number of hydrogen-bond acceptors (Lipinski definition) is 4. The molecule has 1 aromatic rings. The highest BCUT2D eigenvalue weighted by Crippen LogP contribution is 2.23. The van der Waals surface area contributed by atoms with E-state index in [1.807, 2.05) is 20.8 Å². The van der Waals surface area contributed by atoms with Crippen LogP contribution < -0.4 is 15.4 Å². The van der Waals surface area contributed by atoms with Crippen LogP contribution in [-0.2, 0) is 4.79 Å². The third-order valence-electron chi connectivity index (χ3n) is 2.21. The number of carbonyl (C=O) groups is 2. The zero-order chi connectivity index (χ0) is 15.1. The number of urea groups is 1. The molecule has 0 atom stereocenters. The Balaban J connectivity index is 2.67. The maximum Gasteiger partial charge on any atom is 0.319 e. The summed E-state index contributed by atoms with van der Waals surface area (Å²) in [6.45, 7) is 5.62. The topological polar surface area (TPSA) is 101 Å². The van der Waals surface area contributed by atoms with Crippen LogP contribution in [0.1, 0.15) is 25.8 Å². The van der Waals surface area contributed by atoms with E-state index in [9.17, 15) is 9.59 Å². The summed E-state index contributed by atoms with van der Waals surface area (Å²) in [5.41, 5.74) is 1.33. The van der Waals surface area contributed by atoms with Gasteiger partial charge in [0.2, 0.25) is 5.88 Å². The van der Waals surface area contributed by atoms with Crippen LogP contribution in [0.4, 0.5) is 10.5 Å². The third-order valence-corrected chi connectivity index (χ3v) is 2.21. The summed E-state index contributed by atoms with van der Waals surface area (Å²) in [7, 11) is 0. The molecule has 0 aliphatic rings. The molecule has 0 saturated heterocycles. The lowest BCUT2D eigenvalue weighted by atomic mass is 10.3. The highest BCUT2D eigenvalue weighted by Gasteiger charge is 2.11. The van der Waals surface area contributed by atoms with Gasteiger partial charge in [0.05, 0.1) is 12.5 Å². The van der Waals surface area contributed by atoms with Crippen molar-refractivity contribution in [3.63, 3.8) is 0 Å². The first-order valence-electron chi connectivity index (χ1n) is 6.28. The Hall–Kier alpha value is -2.31. The Labute approximate surface area is 117 Å². The van der Waals surface area contributed by atoms with Gasteiger partial charge in [0.25, 0.3) is 0 Å². The molecule has 0 aromatic carbocycles. The van der Waals surface area contributed by atoms with Gasteiger partial charge in [-0.15, -0.1) is 0 Å². The fraction of sp³-hybridized carbons (Fsp3) is 0.462. The quantitative estimate of drug-likeness (QED) is 0.737. The summed E-state index contributed by atoms with van der Waals surface area (Å²) < 4.78 is 5.50. The number of anilines is 1. The SMILES string of the molecule is Cc1cnc(OC(C)C)c(NC(=O)NCCC(=O)O)c1. The second kappa shape index (κ2) is 7.32. The molecule has 110 valence electrons. The molecule has 0 unspecified atom stereocenters. The second-order valence-corrected chi connectivity index (χ2v) is 4.56. The van der Waals surface area contributed by atoms with Crippen LogP contribution in [0.2, 0.25) is 0 Å². The van der Waals surface area contributed by atoms with Crippen molar-refractivity contribution in [2.45, 2.75) is 33.3 Å². The minimum absolute atomic E-state index is 0.0563. The minimum atomic E-state index is -0.966. The average molecular weight is 281 g/mol. The van der Waals surface area contributed by atoms with Crippen LogP contribution in [0.3, 0.4) is 0 Å². The Morgan fingerprint density at radius 3 is 2.75 bits per heavy atom. The van der Waals surface area contributed by atoms with Crippen LogP contribution in [0.25, 0.3) is 0 Å². The lowest BCUT2D eigenvalue weighted by Crippen LogP contribution is -2.31. The summed E-state index contributed by atoms with van der Waals surface area (Å²) in [4.78, 5) is 26.1. The maximum atomic E-state index is 11.6. The van der Waals surface area contributed by atoms with E-state index in [4.69, 9.17) is 9.84 Å². The van der Waals surface area contributed by atoms with E-state index >= 15 is 0 Å². The summed E-state index contributed by atoms with van der Waals surface area (Å²) >= 11 is 0. The fourth-order valence-corrected chi connectivity index (χ4v) is 1.41. The van der Waals surface area contributed by atoms with Crippen LogP contribution in [0.5, 0.6) is 5.88 Å². The molecule has 0 spiro atoms. The Bertz CT molecular complexity index is 489. The van der Waals surface area contributed by atoms with E-state index < -0.39 is 12.0 Å². The second-order valence-electron chi connectivity index (χ2n) is 4.56. The van der Waals surface area contributed by atoms with E-state index in [1.165, 1.54) is 0 Å². The Morgan fingerprint density at radius 1 is 1.45 bits per heavy atom. The molecule has 2 amide bonds. The van der Waals surface area contributed by atoms with Gasteiger partial charge in [-0.2, -0.15) is 0 Å². The number of aromatic nitrogens is 1. The number of aryl methyl sites for hydroxylation is 1. The highest BCUT2D eigenvalue weighted by molar-refractivity contribution is 5.90. The smallest absolute Gasteiger partial charge is 0.319 e. The number of rotatable bonds is 6. The Morgan fingerprint density at radius 2 is 2.15 bits per heavy atom. The van der Waals surface area contributed by atoms with Crippen LogP contribution >= 0.6 is 0 Å². The predicted molar refractivity (Wildman–Crippen MR) is 74.0 cm³/mol. The summed E-state index contributed by atoms with van der Waals surface area (Å²) in [6.07, 6.45) is 1.45. The van der Waals surface area contributed by atoms with Crippen LogP contribution in [0, 0.1) is 6.92 Å². The van der Waals surface area contributed by atoms with Gasteiger partial charge in [-0.25, -0.2) is 9.78 Å². The first-order valence-corrected chi connectivity index (χ1v) is 6.28. The molecule has 0 radical (unpaired) electrons. The normalized spacial score (nSPS) is 10.2. The lowest BCUT2D eigenvalue weighted by molar-refractivity contribution is -0.136. The maximum absolute atomic E-state index is 11.6. The van der Waals surface area contributed by atoms with Gasteiger partial charge >= 0.3 is 12.0 Å². The zero-order valence-corrected chi connectivity index (χ0v) is 11.8. The van der Waals surface area contributed by atoms with Crippen molar-refractivity contribution in [1.82, 2.24) is 10.3 Å². The fourth-order valence-electron chi connectivity index (χ4n) is 1.41. The molecule has 0 aliphatic carbocycles. The molecule has 1 aromatic heterocycles. The monoisotopic (exact) mass is 281 g/mol. The first-order chi connectivity index (χ1) is 9.38. The number of nitrogens with zero attached hydrogens (tertiary/aromatic N) is 1. The summed E-state index contributed by atoms with van der Waals surface area (Å²) in [5, 5.41) is 13.5. The lowest BCUT2D eigenvalue weighted by Gasteiger charge is -2.14. The van der Waals surface area contributed by atoms with E-state index in [2.05, 4.69) is 15.6 Å². The van der Waals surface area contributed by atoms with Crippen molar-refractivity contribution in [1.29, 1.82) is 0 Å². The molecule has 0 fully saturated rings. The van der Waals surface area contributed by atoms with Gasteiger partial charge in [0, 0.05) is 12.7 Å². The summed E-state index contributed by atoms with van der Waals surface area (Å²) in [5.74, 6) is -0.634. The number of aliphatic carboxylic acids is 1. The molecule has 0 bridgehead atoms. The number of ether oxygens (including phenoxy) is 1. The van der Waals surface area contributed by atoms with Crippen molar-refractivity contribution >= 4 is 17.7 Å². The van der Waals surface area contributed by atoms with Gasteiger partial charge < -0.3 is 20.5 Å². The molecular weight excluding hydrogens is 262 g/mol. The van der Waals surface area contributed by atoms with E-state index in [1.54, 1.807) is 12.3 Å². The molecule has 1 rings (SSSR count). The van der Waals surface area contributed by atoms with E-state index in [-0.39, 0.29) is 19.1 Å². The molecule has 0 saturated carbocycles. The van der Waals surface area contributed by atoms with Crippen molar-refractivity contribution in [2.24, 2.45) is 0 Å². The van der Waals surface area contributed by atoms with Crippen molar-refractivity contribution < 1.29 is 19.4 Å². The average Bonchev–Trinajstić information content (AvgIpc) is 2.31. The van der Waals surface area contributed by atoms with Crippen LogP contribution in [-0.4, -0.2) is 34.7 Å². The number of carboxylic acids is 1. The standard InChI is InChI=1S/C13H19N3O4/c1-8(2)20-12-10(6-9(3)7-15-12)16-13(19)14-5-4-11(17)18/h6-8H,4-5H2,1-3H3,(H,17,18)(H2,14,16,19). The zero-order valence-electron chi connectivity index (χ0n) is 11.8. The largest absolute Gasteiger partial charge is 0.481 e. The van der Waals surface area contributed by atoms with Crippen molar-refractivity contribution in [2.75, 3.05) is 11.9 Å². The molecule has 1 heterocycles. The molecule has 0 aliphatic heterocycles. The van der Waals surface area contributed by atoms with Gasteiger partial charge in [-0.05, 0) is 32.4 Å². The number of amides is 2. The van der Waals surface area contributed by atoms with Gasteiger partial charge in [-0.1, -0.05) is 0 Å². The van der Waals surface area contributed by atoms with Gasteiger partial charge in [0.15, 0.2) is 0 Å². The minimum Gasteiger partial charge on any atom is -0.481 e. The van der Waals surface area contributed by atoms with Gasteiger partial charge in [0.1, 0.15) is 5.69 Å². The Kier molecular flexibility index (Phi) is 5.76. The number of pyridine rings is 1. The van der Waals surface area contributed by atoms with Crippen LogP contribution in [0.15, 0.2) is 12.3 Å². The molecule has 7 heteroatoms. The molecule has 20 heavy (non-hydrogen) atoms. The number of nitrogens with one attached hydrogen (secondary N) is 2. The molecule has 7 nitrogen and oxygen atoms in total. The summed E-state index contributed by atoms with van der Waals surface area (Å²) in [6, 6.07) is 1.24. The predicted octanol–water partition coefficient (Wildman–Crippen LogP) is 1.77. The van der Waals surface area contributed by atoms with Crippen molar-refractivity contribution in [3.05, 3.63) is 17.8 Å². The first kappa shape index (κ1) is 15.7. The third kappa shape index (κ3) is 5.55. The molecular formula is C13H19N3O4.